The number of sulfonamides is 1. The van der Waals surface area contributed by atoms with Crippen LogP contribution in [0.4, 0.5) is 0 Å². The topological polar surface area (TPSA) is 153 Å². The summed E-state index contributed by atoms with van der Waals surface area (Å²) in [5.41, 5.74) is 0.321. The SMILES string of the molecule is CCOCCCNC(=O)c1ccc(S(=O)(=O)NC(=O)c2ccc(C(=O)NCCOCC)nc2)cc1. The molecule has 0 spiro atoms. The summed E-state index contributed by atoms with van der Waals surface area (Å²) in [5, 5.41) is 5.34. The minimum Gasteiger partial charge on any atom is -0.382 e. The maximum absolute atomic E-state index is 12.6. The van der Waals surface area contributed by atoms with Gasteiger partial charge in [-0.05, 0) is 56.7 Å². The number of carbonyl (C=O) groups excluding carboxylic acids is 3. The summed E-state index contributed by atoms with van der Waals surface area (Å²) in [6.45, 7) is 6.50. The van der Waals surface area contributed by atoms with Crippen molar-refractivity contribution >= 4 is 27.7 Å². The minimum atomic E-state index is -4.19. The molecular weight excluding hydrogens is 476 g/mol. The van der Waals surface area contributed by atoms with Crippen molar-refractivity contribution in [2.24, 2.45) is 0 Å². The number of ether oxygens (including phenoxy) is 2. The second-order valence-electron chi connectivity index (χ2n) is 7.15. The molecule has 0 bridgehead atoms. The normalized spacial score (nSPS) is 11.0. The van der Waals surface area contributed by atoms with Crippen LogP contribution in [0.15, 0.2) is 47.5 Å². The third-order valence-electron chi connectivity index (χ3n) is 4.60. The van der Waals surface area contributed by atoms with E-state index in [1.807, 2.05) is 18.6 Å². The van der Waals surface area contributed by atoms with Gasteiger partial charge < -0.3 is 20.1 Å². The molecule has 190 valence electrons. The zero-order valence-corrected chi connectivity index (χ0v) is 20.5. The Kier molecular flexibility index (Phi) is 11.3. The number of nitrogens with one attached hydrogen (secondary N) is 3. The van der Waals surface area contributed by atoms with E-state index in [0.717, 1.165) is 6.20 Å². The van der Waals surface area contributed by atoms with Gasteiger partial charge in [-0.1, -0.05) is 0 Å². The van der Waals surface area contributed by atoms with E-state index in [1.54, 1.807) is 0 Å². The van der Waals surface area contributed by atoms with Crippen LogP contribution in [0, 0.1) is 0 Å². The van der Waals surface area contributed by atoms with Gasteiger partial charge in [0.05, 0.1) is 17.1 Å². The molecule has 1 aromatic carbocycles. The summed E-state index contributed by atoms with van der Waals surface area (Å²) in [4.78, 5) is 40.3. The molecular formula is C23H30N4O7S. The van der Waals surface area contributed by atoms with Gasteiger partial charge in [-0.25, -0.2) is 13.1 Å². The van der Waals surface area contributed by atoms with E-state index in [9.17, 15) is 22.8 Å². The van der Waals surface area contributed by atoms with Crippen LogP contribution in [0.5, 0.6) is 0 Å². The lowest BCUT2D eigenvalue weighted by Gasteiger charge is -2.09. The summed E-state index contributed by atoms with van der Waals surface area (Å²) >= 11 is 0. The van der Waals surface area contributed by atoms with Crippen LogP contribution >= 0.6 is 0 Å². The molecule has 0 fully saturated rings. The minimum absolute atomic E-state index is 0.0394. The first-order valence-corrected chi connectivity index (χ1v) is 12.6. The van der Waals surface area contributed by atoms with E-state index < -0.39 is 21.8 Å². The van der Waals surface area contributed by atoms with Gasteiger partial charge in [0, 0.05) is 44.7 Å². The molecule has 0 radical (unpaired) electrons. The number of nitrogens with zero attached hydrogens (tertiary/aromatic N) is 1. The highest BCUT2D eigenvalue weighted by atomic mass is 32.2. The Morgan fingerprint density at radius 3 is 2.06 bits per heavy atom. The third kappa shape index (κ3) is 9.08. The lowest BCUT2D eigenvalue weighted by Crippen LogP contribution is -2.31. The molecule has 0 aliphatic rings. The van der Waals surface area contributed by atoms with E-state index in [0.29, 0.717) is 45.9 Å². The highest BCUT2D eigenvalue weighted by molar-refractivity contribution is 7.90. The van der Waals surface area contributed by atoms with Crippen molar-refractivity contribution in [3.05, 3.63) is 59.4 Å². The predicted molar refractivity (Wildman–Crippen MR) is 128 cm³/mol. The molecule has 2 aromatic rings. The first-order valence-electron chi connectivity index (χ1n) is 11.1. The van der Waals surface area contributed by atoms with E-state index >= 15 is 0 Å². The molecule has 2 rings (SSSR count). The molecule has 1 heterocycles. The van der Waals surface area contributed by atoms with Crippen LogP contribution in [0.25, 0.3) is 0 Å². The Bertz CT molecular complexity index is 1090. The van der Waals surface area contributed by atoms with Gasteiger partial charge >= 0.3 is 0 Å². The van der Waals surface area contributed by atoms with Crippen molar-refractivity contribution < 1.29 is 32.3 Å². The van der Waals surface area contributed by atoms with Crippen molar-refractivity contribution in [3.63, 3.8) is 0 Å². The van der Waals surface area contributed by atoms with Crippen LogP contribution < -0.4 is 15.4 Å². The van der Waals surface area contributed by atoms with Crippen molar-refractivity contribution in [1.29, 1.82) is 0 Å². The van der Waals surface area contributed by atoms with Gasteiger partial charge in [-0.15, -0.1) is 0 Å². The monoisotopic (exact) mass is 506 g/mol. The van der Waals surface area contributed by atoms with Gasteiger partial charge in [0.15, 0.2) is 0 Å². The quantitative estimate of drug-likeness (QED) is 0.322. The first-order chi connectivity index (χ1) is 16.8. The average molecular weight is 507 g/mol. The van der Waals surface area contributed by atoms with Crippen LogP contribution in [0.1, 0.15) is 51.5 Å². The lowest BCUT2D eigenvalue weighted by atomic mass is 10.2. The van der Waals surface area contributed by atoms with E-state index in [4.69, 9.17) is 9.47 Å². The molecule has 0 saturated carbocycles. The molecule has 0 saturated heterocycles. The summed E-state index contributed by atoms with van der Waals surface area (Å²) in [6, 6.07) is 7.81. The molecule has 12 heteroatoms. The molecule has 3 N–H and O–H groups in total. The number of hydrogen-bond donors (Lipinski definition) is 3. The molecule has 1 aromatic heterocycles. The van der Waals surface area contributed by atoms with Crippen LogP contribution in [-0.2, 0) is 19.5 Å². The summed E-state index contributed by atoms with van der Waals surface area (Å²) in [6.07, 6.45) is 1.77. The fourth-order valence-electron chi connectivity index (χ4n) is 2.78. The first kappa shape index (κ1) is 27.9. The Hall–Kier alpha value is -3.35. The Morgan fingerprint density at radius 2 is 1.43 bits per heavy atom. The Balaban J connectivity index is 1.93. The highest BCUT2D eigenvalue weighted by Crippen LogP contribution is 2.12. The predicted octanol–water partition coefficient (Wildman–Crippen LogP) is 1.12. The van der Waals surface area contributed by atoms with Crippen molar-refractivity contribution in [3.8, 4) is 0 Å². The van der Waals surface area contributed by atoms with Gasteiger partial charge in [-0.3, -0.25) is 19.4 Å². The number of rotatable bonds is 14. The zero-order valence-electron chi connectivity index (χ0n) is 19.7. The number of benzene rings is 1. The van der Waals surface area contributed by atoms with Gasteiger partial charge in [0.2, 0.25) is 0 Å². The van der Waals surface area contributed by atoms with Crippen molar-refractivity contribution in [2.45, 2.75) is 25.2 Å². The van der Waals surface area contributed by atoms with Crippen molar-refractivity contribution in [2.75, 3.05) is 39.5 Å². The third-order valence-corrected chi connectivity index (χ3v) is 5.95. The number of amides is 3. The van der Waals surface area contributed by atoms with Gasteiger partial charge in [0.1, 0.15) is 5.69 Å². The standard InChI is InChI=1S/C23H30N4O7S/c1-3-33-14-5-12-24-21(28)17-6-9-19(10-7-17)35(31,32)27-22(29)18-8-11-20(26-16-18)23(30)25-13-15-34-4-2/h6-11,16H,3-5,12-15H2,1-2H3,(H,24,28)(H,25,30)(H,27,29). The molecule has 0 unspecified atom stereocenters. The lowest BCUT2D eigenvalue weighted by molar-refractivity contribution is 0.0914. The largest absolute Gasteiger partial charge is 0.382 e. The smallest absolute Gasteiger partial charge is 0.269 e. The van der Waals surface area contributed by atoms with Crippen LogP contribution in [0.2, 0.25) is 0 Å². The second-order valence-corrected chi connectivity index (χ2v) is 8.83. The molecule has 3 amide bonds. The number of carbonyl (C=O) groups is 3. The highest BCUT2D eigenvalue weighted by Gasteiger charge is 2.20. The van der Waals surface area contributed by atoms with Gasteiger partial charge in [0.25, 0.3) is 27.7 Å². The summed E-state index contributed by atoms with van der Waals surface area (Å²) < 4.78 is 37.4. The molecule has 0 aliphatic carbocycles. The molecule has 0 atom stereocenters. The maximum atomic E-state index is 12.6. The summed E-state index contributed by atoms with van der Waals surface area (Å²) in [7, 11) is -4.19. The van der Waals surface area contributed by atoms with E-state index in [2.05, 4.69) is 15.6 Å². The van der Waals surface area contributed by atoms with Crippen LogP contribution in [0.3, 0.4) is 0 Å². The molecule has 11 nitrogen and oxygen atoms in total. The average Bonchev–Trinajstić information content (AvgIpc) is 2.86. The van der Waals surface area contributed by atoms with E-state index in [1.165, 1.54) is 36.4 Å². The van der Waals surface area contributed by atoms with Crippen LogP contribution in [-0.4, -0.2) is 70.6 Å². The zero-order chi connectivity index (χ0) is 25.7. The summed E-state index contributed by atoms with van der Waals surface area (Å²) in [5.74, 6) is -1.69. The maximum Gasteiger partial charge on any atom is 0.269 e. The number of aromatic nitrogens is 1. The Morgan fingerprint density at radius 1 is 0.800 bits per heavy atom. The fraction of sp³-hybridized carbons (Fsp3) is 0.391. The molecule has 0 aliphatic heterocycles. The van der Waals surface area contributed by atoms with Gasteiger partial charge in [-0.2, -0.15) is 0 Å². The number of hydrogen-bond acceptors (Lipinski definition) is 8. The Labute approximate surface area is 204 Å². The second kappa shape index (κ2) is 14.1. The van der Waals surface area contributed by atoms with Crippen molar-refractivity contribution in [1.82, 2.24) is 20.3 Å². The molecule has 35 heavy (non-hydrogen) atoms. The number of pyridine rings is 1. The fourth-order valence-corrected chi connectivity index (χ4v) is 3.76. The van der Waals surface area contributed by atoms with E-state index in [-0.39, 0.29) is 27.6 Å².